The zero-order valence-corrected chi connectivity index (χ0v) is 20.9. The van der Waals surface area contributed by atoms with Gasteiger partial charge >= 0.3 is 0 Å². The minimum Gasteiger partial charge on any atom is -0.493 e. The van der Waals surface area contributed by atoms with Gasteiger partial charge in [0.25, 0.3) is 0 Å². The molecule has 0 aliphatic carbocycles. The molecule has 0 radical (unpaired) electrons. The Morgan fingerprint density at radius 3 is 2.58 bits per heavy atom. The van der Waals surface area contributed by atoms with Gasteiger partial charge in [0, 0.05) is 30.1 Å². The molecular formula is C28H36N4O4. The maximum Gasteiger partial charge on any atom is 0.166 e. The molecule has 0 atom stereocenters. The predicted octanol–water partition coefficient (Wildman–Crippen LogP) is 4.43. The molecule has 4 rings (SSSR count). The third-order valence-corrected chi connectivity index (χ3v) is 6.09. The van der Waals surface area contributed by atoms with Crippen molar-refractivity contribution < 1.29 is 18.9 Å². The molecule has 0 amide bonds. The summed E-state index contributed by atoms with van der Waals surface area (Å²) in [6, 6.07) is 13.9. The molecule has 1 aliphatic heterocycles. The number of hydrogen-bond acceptors (Lipinski definition) is 7. The fourth-order valence-corrected chi connectivity index (χ4v) is 4.25. The van der Waals surface area contributed by atoms with Gasteiger partial charge in [-0.15, -0.1) is 0 Å². The van der Waals surface area contributed by atoms with Gasteiger partial charge in [0.15, 0.2) is 11.5 Å². The lowest BCUT2D eigenvalue weighted by molar-refractivity contribution is 0.137. The van der Waals surface area contributed by atoms with Crippen molar-refractivity contribution in [1.29, 1.82) is 0 Å². The van der Waals surface area contributed by atoms with E-state index in [2.05, 4.69) is 27.2 Å². The van der Waals surface area contributed by atoms with Gasteiger partial charge in [-0.1, -0.05) is 30.4 Å². The van der Waals surface area contributed by atoms with Gasteiger partial charge in [0.1, 0.15) is 6.61 Å². The lowest BCUT2D eigenvalue weighted by Gasteiger charge is -2.19. The SMILES string of the molecule is COc1cc(N)cc(COC/C=C/COCc2cccc(-c3ccn[nH]3)c2)c1OCCN1CCCC1. The first kappa shape index (κ1) is 25.8. The summed E-state index contributed by atoms with van der Waals surface area (Å²) in [4.78, 5) is 2.42. The molecule has 2 heterocycles. The van der Waals surface area contributed by atoms with Crippen molar-refractivity contribution >= 4 is 5.69 Å². The second kappa shape index (κ2) is 13.7. The van der Waals surface area contributed by atoms with E-state index < -0.39 is 0 Å². The number of nitrogens with two attached hydrogens (primary N) is 1. The Labute approximate surface area is 213 Å². The Kier molecular flexibility index (Phi) is 9.78. The average Bonchev–Trinajstić information content (AvgIpc) is 3.61. The van der Waals surface area contributed by atoms with Crippen LogP contribution in [0.25, 0.3) is 11.3 Å². The van der Waals surface area contributed by atoms with Gasteiger partial charge < -0.3 is 24.7 Å². The summed E-state index contributed by atoms with van der Waals surface area (Å²) in [5.74, 6) is 1.34. The van der Waals surface area contributed by atoms with Gasteiger partial charge in [-0.05, 0) is 55.3 Å². The number of anilines is 1. The van der Waals surface area contributed by atoms with Crippen LogP contribution in [0.3, 0.4) is 0 Å². The number of nitrogens with one attached hydrogen (secondary N) is 1. The largest absolute Gasteiger partial charge is 0.493 e. The van der Waals surface area contributed by atoms with E-state index in [0.29, 0.717) is 50.2 Å². The lowest BCUT2D eigenvalue weighted by Crippen LogP contribution is -2.25. The van der Waals surface area contributed by atoms with E-state index in [9.17, 15) is 0 Å². The van der Waals surface area contributed by atoms with Gasteiger partial charge in [0.05, 0.1) is 39.2 Å². The van der Waals surface area contributed by atoms with Crippen molar-refractivity contribution in [3.8, 4) is 22.8 Å². The minimum absolute atomic E-state index is 0.381. The number of ether oxygens (including phenoxy) is 4. The van der Waals surface area contributed by atoms with Crippen LogP contribution in [0, 0.1) is 0 Å². The third-order valence-electron chi connectivity index (χ3n) is 6.09. The average molecular weight is 493 g/mol. The summed E-state index contributed by atoms with van der Waals surface area (Å²) >= 11 is 0. The molecule has 8 heteroatoms. The molecule has 8 nitrogen and oxygen atoms in total. The first-order chi connectivity index (χ1) is 17.7. The van der Waals surface area contributed by atoms with Crippen molar-refractivity contribution in [2.75, 3.05) is 52.3 Å². The normalized spacial score (nSPS) is 14.0. The number of likely N-dealkylation sites (tertiary alicyclic amines) is 1. The zero-order valence-electron chi connectivity index (χ0n) is 20.9. The number of nitrogen functional groups attached to an aromatic ring is 1. The van der Waals surface area contributed by atoms with E-state index in [1.807, 2.05) is 36.4 Å². The monoisotopic (exact) mass is 492 g/mol. The quantitative estimate of drug-likeness (QED) is 0.195. The van der Waals surface area contributed by atoms with E-state index >= 15 is 0 Å². The first-order valence-electron chi connectivity index (χ1n) is 12.4. The number of benzene rings is 2. The molecule has 1 saturated heterocycles. The van der Waals surface area contributed by atoms with E-state index in [-0.39, 0.29) is 0 Å². The highest BCUT2D eigenvalue weighted by molar-refractivity contribution is 5.59. The van der Waals surface area contributed by atoms with Crippen molar-refractivity contribution in [2.45, 2.75) is 26.1 Å². The Morgan fingerprint density at radius 2 is 1.83 bits per heavy atom. The highest BCUT2D eigenvalue weighted by Gasteiger charge is 2.15. The van der Waals surface area contributed by atoms with Crippen LogP contribution in [0.5, 0.6) is 11.5 Å². The summed E-state index contributed by atoms with van der Waals surface area (Å²) in [7, 11) is 1.63. The lowest BCUT2D eigenvalue weighted by atomic mass is 10.1. The van der Waals surface area contributed by atoms with E-state index in [1.54, 1.807) is 19.4 Å². The maximum atomic E-state index is 6.11. The van der Waals surface area contributed by atoms with Crippen LogP contribution in [0.15, 0.2) is 60.8 Å². The topological polar surface area (TPSA) is 94.9 Å². The van der Waals surface area contributed by atoms with Crippen LogP contribution in [-0.2, 0) is 22.7 Å². The second-order valence-electron chi connectivity index (χ2n) is 8.78. The summed E-state index contributed by atoms with van der Waals surface area (Å²) in [5, 5.41) is 6.99. The van der Waals surface area contributed by atoms with Crippen molar-refractivity contribution in [3.63, 3.8) is 0 Å². The first-order valence-corrected chi connectivity index (χ1v) is 12.4. The van der Waals surface area contributed by atoms with Crippen molar-refractivity contribution in [2.24, 2.45) is 0 Å². The van der Waals surface area contributed by atoms with Crippen LogP contribution >= 0.6 is 0 Å². The van der Waals surface area contributed by atoms with E-state index in [4.69, 9.17) is 24.7 Å². The second-order valence-corrected chi connectivity index (χ2v) is 8.78. The maximum absolute atomic E-state index is 6.11. The molecule has 0 bridgehead atoms. The molecule has 0 spiro atoms. The number of aromatic nitrogens is 2. The van der Waals surface area contributed by atoms with Gasteiger partial charge in [-0.3, -0.25) is 10.00 Å². The van der Waals surface area contributed by atoms with Crippen LogP contribution in [-0.4, -0.2) is 61.7 Å². The smallest absolute Gasteiger partial charge is 0.166 e. The number of methoxy groups -OCH3 is 1. The summed E-state index contributed by atoms with van der Waals surface area (Å²) < 4.78 is 23.3. The molecule has 1 aliphatic rings. The zero-order chi connectivity index (χ0) is 25.0. The molecule has 3 aromatic rings. The molecule has 2 aromatic carbocycles. The van der Waals surface area contributed by atoms with Crippen LogP contribution in [0.4, 0.5) is 5.69 Å². The Bertz CT molecular complexity index is 1090. The van der Waals surface area contributed by atoms with Crippen molar-refractivity contribution in [3.05, 3.63) is 71.9 Å². The standard InChI is InChI=1S/C28H36N4O4/c1-33-27-19-25(29)18-24(28(27)36-16-13-32-11-2-3-12-32)21-35-15-5-4-14-34-20-22-7-6-8-23(17-22)26-9-10-30-31-26/h4-10,17-19H,2-3,11-16,20-21,29H2,1H3,(H,30,31)/b5-4+. The molecule has 0 saturated carbocycles. The van der Waals surface area contributed by atoms with Crippen LogP contribution in [0.1, 0.15) is 24.0 Å². The fourth-order valence-electron chi connectivity index (χ4n) is 4.25. The summed E-state index contributed by atoms with van der Waals surface area (Å²) in [6.45, 7) is 5.69. The Balaban J connectivity index is 1.20. The fraction of sp³-hybridized carbons (Fsp3) is 0.393. The molecular weight excluding hydrogens is 456 g/mol. The predicted molar refractivity (Wildman–Crippen MR) is 141 cm³/mol. The Hall–Kier alpha value is -3.33. The highest BCUT2D eigenvalue weighted by atomic mass is 16.5. The number of nitrogens with zero attached hydrogens (tertiary/aromatic N) is 2. The van der Waals surface area contributed by atoms with E-state index in [0.717, 1.165) is 42.0 Å². The van der Waals surface area contributed by atoms with Crippen molar-refractivity contribution in [1.82, 2.24) is 15.1 Å². The molecule has 192 valence electrons. The number of aromatic amines is 1. The Morgan fingerprint density at radius 1 is 1.03 bits per heavy atom. The number of hydrogen-bond donors (Lipinski definition) is 2. The number of H-pyrrole nitrogens is 1. The van der Waals surface area contributed by atoms with E-state index in [1.165, 1.54) is 12.8 Å². The van der Waals surface area contributed by atoms with Crippen LogP contribution < -0.4 is 15.2 Å². The third kappa shape index (κ3) is 7.58. The van der Waals surface area contributed by atoms with Gasteiger partial charge in [-0.25, -0.2) is 0 Å². The molecule has 3 N–H and O–H groups in total. The summed E-state index contributed by atoms with van der Waals surface area (Å²) in [6.07, 6.45) is 8.20. The van der Waals surface area contributed by atoms with Gasteiger partial charge in [-0.2, -0.15) is 5.10 Å². The van der Waals surface area contributed by atoms with Gasteiger partial charge in [0.2, 0.25) is 0 Å². The molecule has 36 heavy (non-hydrogen) atoms. The summed E-state index contributed by atoms with van der Waals surface area (Å²) in [5.41, 5.74) is 10.8. The molecule has 0 unspecified atom stereocenters. The van der Waals surface area contributed by atoms with Crippen LogP contribution in [0.2, 0.25) is 0 Å². The molecule has 1 fully saturated rings. The number of rotatable bonds is 14. The highest BCUT2D eigenvalue weighted by Crippen LogP contribution is 2.34. The molecule has 1 aromatic heterocycles. The minimum atomic E-state index is 0.381.